The van der Waals surface area contributed by atoms with E-state index >= 15 is 0 Å². The molecule has 3 rings (SSSR count). The fourth-order valence-corrected chi connectivity index (χ4v) is 2.15. The molecule has 0 spiro atoms. The maximum atomic E-state index is 10.7. The smallest absolute Gasteiger partial charge is 0.269 e. The van der Waals surface area contributed by atoms with Gasteiger partial charge in [-0.1, -0.05) is 35.0 Å². The van der Waals surface area contributed by atoms with E-state index in [1.807, 2.05) is 37.3 Å². The fraction of sp³-hybridized carbons (Fsp3) is 0.0556. The number of rotatable bonds is 4. The van der Waals surface area contributed by atoms with Gasteiger partial charge in [0.15, 0.2) is 0 Å². The number of nitrogens with zero attached hydrogens (tertiary/aromatic N) is 4. The van der Waals surface area contributed by atoms with Crippen LogP contribution >= 0.6 is 0 Å². The molecule has 0 bridgehead atoms. The molecular weight excluding hydrogens is 320 g/mol. The Morgan fingerprint density at radius 2 is 1.88 bits per heavy atom. The first-order chi connectivity index (χ1) is 12.1. The molecule has 1 heterocycles. The van der Waals surface area contributed by atoms with E-state index in [1.165, 1.54) is 18.2 Å². The van der Waals surface area contributed by atoms with Gasteiger partial charge in [-0.05, 0) is 30.7 Å². The molecule has 0 atom stereocenters. The van der Waals surface area contributed by atoms with E-state index in [1.54, 1.807) is 12.1 Å². The summed E-state index contributed by atoms with van der Waals surface area (Å²) in [6.45, 7) is 1.98. The van der Waals surface area contributed by atoms with Gasteiger partial charge in [-0.3, -0.25) is 10.1 Å². The molecular formula is C18H12N4O3. The highest BCUT2D eigenvalue weighted by Crippen LogP contribution is 2.22. The maximum Gasteiger partial charge on any atom is 0.269 e. The predicted molar refractivity (Wildman–Crippen MR) is 91.1 cm³/mol. The Kier molecular flexibility index (Phi) is 4.35. The van der Waals surface area contributed by atoms with E-state index in [-0.39, 0.29) is 17.2 Å². The molecule has 3 aromatic rings. The van der Waals surface area contributed by atoms with E-state index in [0.29, 0.717) is 11.4 Å². The van der Waals surface area contributed by atoms with Gasteiger partial charge in [0.1, 0.15) is 11.6 Å². The lowest BCUT2D eigenvalue weighted by atomic mass is 10.1. The van der Waals surface area contributed by atoms with Crippen molar-refractivity contribution in [1.29, 1.82) is 5.26 Å². The van der Waals surface area contributed by atoms with Gasteiger partial charge in [0.25, 0.3) is 11.6 Å². The summed E-state index contributed by atoms with van der Waals surface area (Å²) in [5, 5.41) is 23.9. The lowest BCUT2D eigenvalue weighted by Gasteiger charge is -1.95. The molecule has 25 heavy (non-hydrogen) atoms. The van der Waals surface area contributed by atoms with E-state index in [0.717, 1.165) is 11.1 Å². The van der Waals surface area contributed by atoms with Crippen LogP contribution in [-0.4, -0.2) is 15.1 Å². The van der Waals surface area contributed by atoms with E-state index in [2.05, 4.69) is 10.1 Å². The van der Waals surface area contributed by atoms with Gasteiger partial charge < -0.3 is 4.52 Å². The highest BCUT2D eigenvalue weighted by Gasteiger charge is 2.13. The maximum absolute atomic E-state index is 10.7. The molecule has 0 saturated heterocycles. The molecule has 0 amide bonds. The first-order valence-electron chi connectivity index (χ1n) is 7.34. The first-order valence-corrected chi connectivity index (χ1v) is 7.34. The molecule has 0 aliphatic rings. The average molecular weight is 332 g/mol. The van der Waals surface area contributed by atoms with Crippen molar-refractivity contribution < 1.29 is 9.45 Å². The molecule has 1 aromatic heterocycles. The number of hydrogen-bond donors (Lipinski definition) is 0. The van der Waals surface area contributed by atoms with Crippen LogP contribution in [0.1, 0.15) is 17.0 Å². The van der Waals surface area contributed by atoms with Crippen LogP contribution in [0, 0.1) is 28.4 Å². The molecule has 0 radical (unpaired) electrons. The summed E-state index contributed by atoms with van der Waals surface area (Å²) >= 11 is 0. The van der Waals surface area contributed by atoms with Gasteiger partial charge >= 0.3 is 0 Å². The third-order valence-electron chi connectivity index (χ3n) is 3.50. The molecule has 0 unspecified atom stereocenters. The molecule has 7 nitrogen and oxygen atoms in total. The van der Waals surface area contributed by atoms with Crippen LogP contribution in [0.5, 0.6) is 0 Å². The van der Waals surface area contributed by atoms with Crippen LogP contribution in [0.2, 0.25) is 0 Å². The van der Waals surface area contributed by atoms with Crippen LogP contribution in [0.3, 0.4) is 0 Å². The molecule has 0 saturated carbocycles. The number of benzene rings is 2. The molecule has 0 aliphatic carbocycles. The van der Waals surface area contributed by atoms with Gasteiger partial charge in [0.2, 0.25) is 5.82 Å². The summed E-state index contributed by atoms with van der Waals surface area (Å²) in [5.74, 6) is 0.483. The third-order valence-corrected chi connectivity index (χ3v) is 3.50. The SMILES string of the molecule is Cc1ccc(-c2noc(/C(C#N)=C/c3ccc([N+](=O)[O-])cc3)n2)cc1. The summed E-state index contributed by atoms with van der Waals surface area (Å²) < 4.78 is 5.18. The van der Waals surface area contributed by atoms with Crippen molar-refractivity contribution in [2.24, 2.45) is 0 Å². The molecule has 122 valence electrons. The minimum atomic E-state index is -0.482. The molecule has 0 N–H and O–H groups in total. The number of nitriles is 1. The Bertz CT molecular complexity index is 980. The Labute approximate surface area is 143 Å². The Morgan fingerprint density at radius 1 is 1.20 bits per heavy atom. The van der Waals surface area contributed by atoms with E-state index in [4.69, 9.17) is 4.52 Å². The van der Waals surface area contributed by atoms with Crippen LogP contribution in [-0.2, 0) is 0 Å². The highest BCUT2D eigenvalue weighted by molar-refractivity contribution is 5.86. The van der Waals surface area contributed by atoms with Crippen molar-refractivity contribution in [2.45, 2.75) is 6.92 Å². The minimum Gasteiger partial charge on any atom is -0.333 e. The molecule has 2 aromatic carbocycles. The third kappa shape index (κ3) is 3.59. The Morgan fingerprint density at radius 3 is 2.48 bits per heavy atom. The summed E-state index contributed by atoms with van der Waals surface area (Å²) in [7, 11) is 0. The fourth-order valence-electron chi connectivity index (χ4n) is 2.15. The van der Waals surface area contributed by atoms with Crippen LogP contribution < -0.4 is 0 Å². The van der Waals surface area contributed by atoms with Crippen molar-refractivity contribution in [3.63, 3.8) is 0 Å². The summed E-state index contributed by atoms with van der Waals surface area (Å²) in [4.78, 5) is 14.4. The zero-order valence-corrected chi connectivity index (χ0v) is 13.2. The van der Waals surface area contributed by atoms with Crippen LogP contribution in [0.4, 0.5) is 5.69 Å². The zero-order valence-electron chi connectivity index (χ0n) is 13.2. The molecule has 0 aliphatic heterocycles. The van der Waals surface area contributed by atoms with Gasteiger partial charge in [-0.25, -0.2) is 0 Å². The van der Waals surface area contributed by atoms with Crippen molar-refractivity contribution >= 4 is 17.3 Å². The summed E-state index contributed by atoms with van der Waals surface area (Å²) in [5.41, 5.74) is 2.68. The van der Waals surface area contributed by atoms with Crippen LogP contribution in [0.25, 0.3) is 23.0 Å². The first kappa shape index (κ1) is 16.1. The lowest BCUT2D eigenvalue weighted by Crippen LogP contribution is -1.87. The minimum absolute atomic E-state index is 0.0184. The number of nitro benzene ring substituents is 1. The van der Waals surface area contributed by atoms with Gasteiger partial charge in [0.05, 0.1) is 4.92 Å². The summed E-state index contributed by atoms with van der Waals surface area (Å²) in [6.07, 6.45) is 1.54. The summed E-state index contributed by atoms with van der Waals surface area (Å²) in [6, 6.07) is 15.5. The topological polar surface area (TPSA) is 106 Å². The Hall–Kier alpha value is -3.79. The van der Waals surface area contributed by atoms with Gasteiger partial charge in [-0.2, -0.15) is 10.2 Å². The number of non-ortho nitro benzene ring substituents is 1. The number of hydrogen-bond acceptors (Lipinski definition) is 6. The second-order valence-electron chi connectivity index (χ2n) is 5.31. The van der Waals surface area contributed by atoms with E-state index < -0.39 is 4.92 Å². The second kappa shape index (κ2) is 6.76. The largest absolute Gasteiger partial charge is 0.333 e. The number of aromatic nitrogens is 2. The second-order valence-corrected chi connectivity index (χ2v) is 5.31. The van der Waals surface area contributed by atoms with E-state index in [9.17, 15) is 15.4 Å². The number of nitro groups is 1. The average Bonchev–Trinajstić information content (AvgIpc) is 3.10. The zero-order chi connectivity index (χ0) is 17.8. The number of allylic oxidation sites excluding steroid dienone is 1. The monoisotopic (exact) mass is 332 g/mol. The van der Waals surface area contributed by atoms with Gasteiger partial charge in [0, 0.05) is 17.7 Å². The highest BCUT2D eigenvalue weighted by atomic mass is 16.6. The van der Waals surface area contributed by atoms with Crippen molar-refractivity contribution in [3.8, 4) is 17.5 Å². The lowest BCUT2D eigenvalue weighted by molar-refractivity contribution is -0.384. The quantitative estimate of drug-likeness (QED) is 0.406. The van der Waals surface area contributed by atoms with Gasteiger partial charge in [-0.15, -0.1) is 0 Å². The van der Waals surface area contributed by atoms with Crippen molar-refractivity contribution in [1.82, 2.24) is 10.1 Å². The van der Waals surface area contributed by atoms with Crippen molar-refractivity contribution in [3.05, 3.63) is 75.7 Å². The standard InChI is InChI=1S/C18H12N4O3/c1-12-2-6-14(7-3-12)17-20-18(25-21-17)15(11-19)10-13-4-8-16(9-5-13)22(23)24/h2-10H,1H3/b15-10+. The Balaban J connectivity index is 1.90. The predicted octanol–water partition coefficient (Wildman–Crippen LogP) is 4.02. The normalized spacial score (nSPS) is 11.1. The number of aryl methyl sites for hydroxylation is 1. The van der Waals surface area contributed by atoms with Crippen LogP contribution in [0.15, 0.2) is 53.1 Å². The van der Waals surface area contributed by atoms with Crippen molar-refractivity contribution in [2.75, 3.05) is 0 Å². The molecule has 0 fully saturated rings. The molecule has 7 heteroatoms.